The number of anilines is 1. The molecule has 2 amide bonds. The van der Waals surface area contributed by atoms with Gasteiger partial charge in [0.25, 0.3) is 0 Å². The summed E-state index contributed by atoms with van der Waals surface area (Å²) in [6, 6.07) is 11.2. The first-order valence-electron chi connectivity index (χ1n) is 10.0. The Balaban J connectivity index is 2.36. The van der Waals surface area contributed by atoms with E-state index in [9.17, 15) is 22.4 Å². The van der Waals surface area contributed by atoms with Crippen LogP contribution in [0.4, 0.5) is 10.1 Å². The van der Waals surface area contributed by atoms with E-state index in [1.807, 2.05) is 6.92 Å². The molecule has 0 saturated heterocycles. The molecule has 0 bridgehead atoms. The van der Waals surface area contributed by atoms with E-state index in [1.165, 1.54) is 44.3 Å². The lowest BCUT2D eigenvalue weighted by Crippen LogP contribution is -2.50. The molecular weight excluding hydrogens is 437 g/mol. The molecule has 2 rings (SSSR count). The number of likely N-dealkylation sites (N-methyl/N-ethyl adjacent to an activating group) is 1. The fourth-order valence-electron chi connectivity index (χ4n) is 3.09. The van der Waals surface area contributed by atoms with E-state index < -0.39 is 40.2 Å². The molecule has 0 radical (unpaired) electrons. The van der Waals surface area contributed by atoms with Crippen LogP contribution in [-0.2, 0) is 26.2 Å². The number of sulfonamides is 1. The first kappa shape index (κ1) is 25.1. The molecular formula is C22H28FN3O5S. The minimum absolute atomic E-state index is 0.193. The predicted octanol–water partition coefficient (Wildman–Crippen LogP) is 2.15. The van der Waals surface area contributed by atoms with Gasteiger partial charge in [-0.05, 0) is 44.2 Å². The highest BCUT2D eigenvalue weighted by Crippen LogP contribution is 2.22. The van der Waals surface area contributed by atoms with Gasteiger partial charge in [-0.25, -0.2) is 12.8 Å². The summed E-state index contributed by atoms with van der Waals surface area (Å²) in [5.41, 5.74) is 0.478. The third kappa shape index (κ3) is 6.43. The smallest absolute Gasteiger partial charge is 0.244 e. The molecule has 2 aromatic rings. The van der Waals surface area contributed by atoms with Crippen molar-refractivity contribution in [2.75, 3.05) is 30.8 Å². The summed E-state index contributed by atoms with van der Waals surface area (Å²) >= 11 is 0. The SMILES string of the molecule is CCOc1ccc(N(CC(=O)N(Cc2ccccc2F)C(C)C(=O)NC)S(C)(=O)=O)cc1. The number of benzene rings is 2. The van der Waals surface area contributed by atoms with Crippen LogP contribution in [0, 0.1) is 5.82 Å². The number of hydrogen-bond acceptors (Lipinski definition) is 5. The molecule has 0 fully saturated rings. The number of carbonyl (C=O) groups excluding carboxylic acids is 2. The molecule has 1 atom stereocenters. The Morgan fingerprint density at radius 3 is 2.28 bits per heavy atom. The highest BCUT2D eigenvalue weighted by molar-refractivity contribution is 7.92. The lowest BCUT2D eigenvalue weighted by Gasteiger charge is -2.31. The van der Waals surface area contributed by atoms with Gasteiger partial charge in [0.05, 0.1) is 18.6 Å². The zero-order chi connectivity index (χ0) is 23.9. The second-order valence-corrected chi connectivity index (χ2v) is 9.01. The van der Waals surface area contributed by atoms with Crippen molar-refractivity contribution in [3.05, 3.63) is 59.9 Å². The van der Waals surface area contributed by atoms with Crippen molar-refractivity contribution in [2.24, 2.45) is 0 Å². The van der Waals surface area contributed by atoms with Crippen molar-refractivity contribution in [3.8, 4) is 5.75 Å². The Kier molecular flexibility index (Phi) is 8.59. The molecule has 2 aromatic carbocycles. The maximum atomic E-state index is 14.2. The molecule has 0 aliphatic carbocycles. The molecule has 1 unspecified atom stereocenters. The molecule has 32 heavy (non-hydrogen) atoms. The van der Waals surface area contributed by atoms with Crippen molar-refractivity contribution in [1.82, 2.24) is 10.2 Å². The van der Waals surface area contributed by atoms with E-state index in [0.717, 1.165) is 15.5 Å². The lowest BCUT2D eigenvalue weighted by atomic mass is 10.1. The standard InChI is InChI=1S/C22H28FN3O5S/c1-5-31-19-12-10-18(11-13-19)26(32(4,29)30)15-21(27)25(16(2)22(28)24-3)14-17-8-6-7-9-20(17)23/h6-13,16H,5,14-15H2,1-4H3,(H,24,28). The number of amides is 2. The maximum absolute atomic E-state index is 14.2. The van der Waals surface area contributed by atoms with Crippen LogP contribution in [0.5, 0.6) is 5.75 Å². The Morgan fingerprint density at radius 1 is 1.12 bits per heavy atom. The summed E-state index contributed by atoms with van der Waals surface area (Å²) in [4.78, 5) is 26.6. The summed E-state index contributed by atoms with van der Waals surface area (Å²) in [5, 5.41) is 2.46. The fourth-order valence-corrected chi connectivity index (χ4v) is 3.94. The highest BCUT2D eigenvalue weighted by Gasteiger charge is 2.30. The van der Waals surface area contributed by atoms with Crippen molar-refractivity contribution in [3.63, 3.8) is 0 Å². The number of nitrogens with zero attached hydrogens (tertiary/aromatic N) is 2. The lowest BCUT2D eigenvalue weighted by molar-refractivity contribution is -0.139. The summed E-state index contributed by atoms with van der Waals surface area (Å²) in [7, 11) is -2.41. The van der Waals surface area contributed by atoms with E-state index in [4.69, 9.17) is 4.74 Å². The van der Waals surface area contributed by atoms with Gasteiger partial charge in [-0.2, -0.15) is 0 Å². The number of ether oxygens (including phenoxy) is 1. The third-order valence-electron chi connectivity index (χ3n) is 4.83. The van der Waals surface area contributed by atoms with Gasteiger partial charge in [0.1, 0.15) is 24.2 Å². The van der Waals surface area contributed by atoms with Crippen LogP contribution in [0.2, 0.25) is 0 Å². The molecule has 0 heterocycles. The Bertz CT molecular complexity index is 1040. The van der Waals surface area contributed by atoms with Gasteiger partial charge in [-0.1, -0.05) is 18.2 Å². The van der Waals surface area contributed by atoms with Crippen molar-refractivity contribution >= 4 is 27.5 Å². The summed E-state index contributed by atoms with van der Waals surface area (Å²) in [6.07, 6.45) is 0.986. The van der Waals surface area contributed by atoms with Crippen LogP contribution in [0.25, 0.3) is 0 Å². The second-order valence-electron chi connectivity index (χ2n) is 7.10. The molecule has 0 aliphatic rings. The summed E-state index contributed by atoms with van der Waals surface area (Å²) < 4.78 is 45.4. The van der Waals surface area contributed by atoms with E-state index in [2.05, 4.69) is 5.32 Å². The zero-order valence-corrected chi connectivity index (χ0v) is 19.4. The quantitative estimate of drug-likeness (QED) is 0.580. The monoisotopic (exact) mass is 465 g/mol. The van der Waals surface area contributed by atoms with Crippen LogP contribution in [-0.4, -0.2) is 57.6 Å². The minimum atomic E-state index is -3.83. The van der Waals surface area contributed by atoms with Crippen LogP contribution >= 0.6 is 0 Å². The molecule has 174 valence electrons. The van der Waals surface area contributed by atoms with Gasteiger partial charge in [0.15, 0.2) is 0 Å². The summed E-state index contributed by atoms with van der Waals surface area (Å²) in [5.74, 6) is -1.07. The molecule has 1 N–H and O–H groups in total. The van der Waals surface area contributed by atoms with Gasteiger partial charge in [-0.3, -0.25) is 13.9 Å². The Morgan fingerprint density at radius 2 is 1.75 bits per heavy atom. The minimum Gasteiger partial charge on any atom is -0.494 e. The largest absolute Gasteiger partial charge is 0.494 e. The number of rotatable bonds is 10. The van der Waals surface area contributed by atoms with Crippen LogP contribution in [0.15, 0.2) is 48.5 Å². The van der Waals surface area contributed by atoms with E-state index in [1.54, 1.807) is 18.2 Å². The Labute approximate surface area is 188 Å². The molecule has 8 nitrogen and oxygen atoms in total. The average molecular weight is 466 g/mol. The van der Waals surface area contributed by atoms with Crippen LogP contribution in [0.3, 0.4) is 0 Å². The van der Waals surface area contributed by atoms with Crippen LogP contribution < -0.4 is 14.4 Å². The number of halogens is 1. The van der Waals surface area contributed by atoms with Gasteiger partial charge < -0.3 is 15.0 Å². The highest BCUT2D eigenvalue weighted by atomic mass is 32.2. The molecule has 0 spiro atoms. The number of nitrogens with one attached hydrogen (secondary N) is 1. The first-order valence-corrected chi connectivity index (χ1v) is 11.9. The first-order chi connectivity index (χ1) is 15.1. The van der Waals surface area contributed by atoms with E-state index >= 15 is 0 Å². The van der Waals surface area contributed by atoms with Gasteiger partial charge in [-0.15, -0.1) is 0 Å². The second kappa shape index (κ2) is 10.9. The van der Waals surface area contributed by atoms with Crippen molar-refractivity contribution in [2.45, 2.75) is 26.4 Å². The molecule has 10 heteroatoms. The zero-order valence-electron chi connectivity index (χ0n) is 18.5. The average Bonchev–Trinajstić information content (AvgIpc) is 2.76. The topological polar surface area (TPSA) is 96.0 Å². The van der Waals surface area contributed by atoms with E-state index in [0.29, 0.717) is 12.4 Å². The molecule has 0 saturated carbocycles. The molecule has 0 aromatic heterocycles. The van der Waals surface area contributed by atoms with Crippen molar-refractivity contribution in [1.29, 1.82) is 0 Å². The normalized spacial score (nSPS) is 12.0. The van der Waals surface area contributed by atoms with Crippen molar-refractivity contribution < 1.29 is 27.1 Å². The van der Waals surface area contributed by atoms with Crippen LogP contribution in [0.1, 0.15) is 19.4 Å². The fraction of sp³-hybridized carbons (Fsp3) is 0.364. The van der Waals surface area contributed by atoms with Gasteiger partial charge in [0, 0.05) is 19.2 Å². The van der Waals surface area contributed by atoms with Gasteiger partial charge in [0.2, 0.25) is 21.8 Å². The number of carbonyl (C=O) groups is 2. The van der Waals surface area contributed by atoms with Gasteiger partial charge >= 0.3 is 0 Å². The van der Waals surface area contributed by atoms with E-state index in [-0.39, 0.29) is 17.8 Å². The third-order valence-corrected chi connectivity index (χ3v) is 5.97. The summed E-state index contributed by atoms with van der Waals surface area (Å²) in [6.45, 7) is 3.03. The maximum Gasteiger partial charge on any atom is 0.244 e. The Hall–Kier alpha value is -3.14. The predicted molar refractivity (Wildman–Crippen MR) is 120 cm³/mol. The molecule has 0 aliphatic heterocycles. The number of hydrogen-bond donors (Lipinski definition) is 1.